The van der Waals surface area contributed by atoms with Crippen molar-refractivity contribution in [2.24, 2.45) is 5.92 Å². The van der Waals surface area contributed by atoms with E-state index in [0.29, 0.717) is 5.69 Å². The van der Waals surface area contributed by atoms with E-state index in [2.05, 4.69) is 4.98 Å². The number of rotatable bonds is 3. The highest BCUT2D eigenvalue weighted by Crippen LogP contribution is 2.13. The van der Waals surface area contributed by atoms with E-state index >= 15 is 0 Å². The first-order valence-electron chi connectivity index (χ1n) is 4.90. The van der Waals surface area contributed by atoms with Crippen LogP contribution in [-0.2, 0) is 4.79 Å². The monoisotopic (exact) mass is 226 g/mol. The third-order valence-corrected chi connectivity index (χ3v) is 2.26. The average molecular weight is 226 g/mol. The highest BCUT2D eigenvalue weighted by molar-refractivity contribution is 5.72. The van der Waals surface area contributed by atoms with E-state index in [0.717, 1.165) is 4.57 Å². The topological polar surface area (TPSA) is 92.2 Å². The molecule has 1 atom stereocenters. The molecule has 0 aliphatic rings. The van der Waals surface area contributed by atoms with Gasteiger partial charge in [0.25, 0.3) is 5.56 Å². The lowest BCUT2D eigenvalue weighted by Gasteiger charge is -2.17. The third kappa shape index (κ3) is 2.21. The summed E-state index contributed by atoms with van der Waals surface area (Å²) in [6.07, 6.45) is 0. The maximum atomic E-state index is 11.6. The van der Waals surface area contributed by atoms with Crippen molar-refractivity contribution in [3.05, 3.63) is 32.6 Å². The van der Waals surface area contributed by atoms with Crippen LogP contribution in [-0.4, -0.2) is 20.6 Å². The van der Waals surface area contributed by atoms with Gasteiger partial charge >= 0.3 is 11.7 Å². The molecule has 0 bridgehead atoms. The van der Waals surface area contributed by atoms with Crippen LogP contribution in [0.4, 0.5) is 0 Å². The zero-order valence-corrected chi connectivity index (χ0v) is 9.35. The quantitative estimate of drug-likeness (QED) is 0.766. The van der Waals surface area contributed by atoms with Gasteiger partial charge in [-0.05, 0) is 12.8 Å². The maximum Gasteiger partial charge on any atom is 0.329 e. The van der Waals surface area contributed by atoms with Crippen molar-refractivity contribution in [1.82, 2.24) is 9.55 Å². The molecular formula is C10H14N2O4. The molecule has 6 heteroatoms. The van der Waals surface area contributed by atoms with Crippen molar-refractivity contribution in [3.8, 4) is 0 Å². The average Bonchev–Trinajstić information content (AvgIpc) is 2.09. The van der Waals surface area contributed by atoms with E-state index in [1.165, 1.54) is 6.07 Å². The molecule has 0 spiro atoms. The van der Waals surface area contributed by atoms with Crippen molar-refractivity contribution in [3.63, 3.8) is 0 Å². The van der Waals surface area contributed by atoms with E-state index in [4.69, 9.17) is 5.11 Å². The number of hydrogen-bond donors (Lipinski definition) is 2. The minimum absolute atomic E-state index is 0.348. The Hall–Kier alpha value is -1.85. The normalized spacial score (nSPS) is 12.8. The molecule has 1 unspecified atom stereocenters. The number of aromatic nitrogens is 2. The van der Waals surface area contributed by atoms with Crippen molar-refractivity contribution in [1.29, 1.82) is 0 Å². The van der Waals surface area contributed by atoms with Gasteiger partial charge in [-0.15, -0.1) is 0 Å². The molecule has 0 saturated heterocycles. The zero-order chi connectivity index (χ0) is 12.5. The summed E-state index contributed by atoms with van der Waals surface area (Å²) in [6, 6.07) is 0.0662. The molecule has 0 aromatic carbocycles. The number of H-pyrrole nitrogens is 1. The van der Waals surface area contributed by atoms with Crippen LogP contribution in [0, 0.1) is 12.8 Å². The molecule has 0 fully saturated rings. The highest BCUT2D eigenvalue weighted by Gasteiger charge is 2.26. The van der Waals surface area contributed by atoms with Gasteiger partial charge < -0.3 is 10.1 Å². The van der Waals surface area contributed by atoms with Gasteiger partial charge in [-0.3, -0.25) is 4.79 Å². The molecule has 6 nitrogen and oxygen atoms in total. The second-order valence-electron chi connectivity index (χ2n) is 3.99. The summed E-state index contributed by atoms with van der Waals surface area (Å²) < 4.78 is 0.736. The van der Waals surface area contributed by atoms with Crippen molar-refractivity contribution in [2.75, 3.05) is 0 Å². The number of nitrogens with zero attached hydrogens (tertiary/aromatic N) is 1. The minimum Gasteiger partial charge on any atom is -0.480 e. The fourth-order valence-electron chi connectivity index (χ4n) is 1.58. The fourth-order valence-corrected chi connectivity index (χ4v) is 1.58. The van der Waals surface area contributed by atoms with Crippen LogP contribution in [0.5, 0.6) is 0 Å². The van der Waals surface area contributed by atoms with Gasteiger partial charge in [0.05, 0.1) is 0 Å². The number of aromatic amines is 1. The summed E-state index contributed by atoms with van der Waals surface area (Å²) in [7, 11) is 0. The lowest BCUT2D eigenvalue weighted by Crippen LogP contribution is -2.42. The van der Waals surface area contributed by atoms with Gasteiger partial charge in [0, 0.05) is 11.8 Å². The van der Waals surface area contributed by atoms with Crippen LogP contribution in [0.3, 0.4) is 0 Å². The number of aryl methyl sites for hydroxylation is 1. The summed E-state index contributed by atoms with van der Waals surface area (Å²) >= 11 is 0. The summed E-state index contributed by atoms with van der Waals surface area (Å²) in [6.45, 7) is 4.85. The van der Waals surface area contributed by atoms with Gasteiger partial charge in [0.15, 0.2) is 0 Å². The summed E-state index contributed by atoms with van der Waals surface area (Å²) in [5.41, 5.74) is -0.868. The van der Waals surface area contributed by atoms with Gasteiger partial charge in [0.1, 0.15) is 6.04 Å². The van der Waals surface area contributed by atoms with Crippen LogP contribution in [0.15, 0.2) is 15.7 Å². The van der Waals surface area contributed by atoms with Gasteiger partial charge in [0.2, 0.25) is 0 Å². The SMILES string of the molecule is Cc1cc(=O)n(C(C(=O)O)C(C)C)c(=O)[nH]1. The van der Waals surface area contributed by atoms with Crippen LogP contribution in [0.25, 0.3) is 0 Å². The molecule has 0 aliphatic carbocycles. The number of hydrogen-bond acceptors (Lipinski definition) is 3. The highest BCUT2D eigenvalue weighted by atomic mass is 16.4. The molecule has 88 valence electrons. The lowest BCUT2D eigenvalue weighted by atomic mass is 10.0. The molecule has 16 heavy (non-hydrogen) atoms. The summed E-state index contributed by atoms with van der Waals surface area (Å²) in [5, 5.41) is 9.00. The van der Waals surface area contributed by atoms with Gasteiger partial charge in [-0.25, -0.2) is 14.2 Å². The predicted molar refractivity (Wildman–Crippen MR) is 57.6 cm³/mol. The first-order chi connectivity index (χ1) is 7.34. The molecular weight excluding hydrogens is 212 g/mol. The van der Waals surface area contributed by atoms with E-state index in [-0.39, 0.29) is 5.92 Å². The van der Waals surface area contributed by atoms with E-state index in [1.54, 1.807) is 20.8 Å². The first-order valence-corrected chi connectivity index (χ1v) is 4.90. The Labute approximate surface area is 91.5 Å². The molecule has 1 rings (SSSR count). The first kappa shape index (κ1) is 12.2. The molecule has 1 aromatic rings. The molecule has 1 aromatic heterocycles. The Morgan fingerprint density at radius 1 is 1.44 bits per heavy atom. The van der Waals surface area contributed by atoms with Gasteiger partial charge in [-0.1, -0.05) is 13.8 Å². The number of carboxylic acid groups (broad SMARTS) is 1. The van der Waals surface area contributed by atoms with Crippen LogP contribution < -0.4 is 11.2 Å². The number of nitrogens with one attached hydrogen (secondary N) is 1. The molecule has 0 aliphatic heterocycles. The predicted octanol–water partition coefficient (Wildman–Crippen LogP) is 0.127. The maximum absolute atomic E-state index is 11.6. The van der Waals surface area contributed by atoms with Crippen LogP contribution in [0.2, 0.25) is 0 Å². The largest absolute Gasteiger partial charge is 0.480 e. The lowest BCUT2D eigenvalue weighted by molar-refractivity contribution is -0.142. The Kier molecular flexibility index (Phi) is 3.31. The van der Waals surface area contributed by atoms with Crippen molar-refractivity contribution >= 4 is 5.97 Å². The Balaban J connectivity index is 3.48. The number of carboxylic acids is 1. The standard InChI is InChI=1S/C10H14N2O4/c1-5(2)8(9(14)15)12-7(13)4-6(3)11-10(12)16/h4-5,8H,1-3H3,(H,11,16)(H,14,15). The molecule has 1 heterocycles. The van der Waals surface area contributed by atoms with Crippen molar-refractivity contribution < 1.29 is 9.90 Å². The van der Waals surface area contributed by atoms with E-state index in [9.17, 15) is 14.4 Å². The third-order valence-electron chi connectivity index (χ3n) is 2.26. The van der Waals surface area contributed by atoms with Crippen LogP contribution in [0.1, 0.15) is 25.6 Å². The molecule has 2 N–H and O–H groups in total. The molecule has 0 radical (unpaired) electrons. The Bertz CT molecular complexity index is 481. The van der Waals surface area contributed by atoms with Gasteiger partial charge in [-0.2, -0.15) is 0 Å². The van der Waals surface area contributed by atoms with E-state index < -0.39 is 23.3 Å². The minimum atomic E-state index is -1.19. The zero-order valence-electron chi connectivity index (χ0n) is 9.35. The summed E-state index contributed by atoms with van der Waals surface area (Å²) in [5.74, 6) is -1.54. The second-order valence-corrected chi connectivity index (χ2v) is 3.99. The smallest absolute Gasteiger partial charge is 0.329 e. The summed E-state index contributed by atoms with van der Waals surface area (Å²) in [4.78, 5) is 36.6. The van der Waals surface area contributed by atoms with Crippen LogP contribution >= 0.6 is 0 Å². The molecule has 0 amide bonds. The Morgan fingerprint density at radius 2 is 2.00 bits per heavy atom. The number of carbonyl (C=O) groups is 1. The fraction of sp³-hybridized carbons (Fsp3) is 0.500. The Morgan fingerprint density at radius 3 is 2.38 bits per heavy atom. The second kappa shape index (κ2) is 4.34. The number of aliphatic carboxylic acids is 1. The van der Waals surface area contributed by atoms with E-state index in [1.807, 2.05) is 0 Å². The molecule has 0 saturated carbocycles. The van der Waals surface area contributed by atoms with Crippen molar-refractivity contribution in [2.45, 2.75) is 26.8 Å².